The van der Waals surface area contributed by atoms with E-state index in [4.69, 9.17) is 0 Å². The summed E-state index contributed by atoms with van der Waals surface area (Å²) in [4.78, 5) is 0. The number of benzene rings is 3. The summed E-state index contributed by atoms with van der Waals surface area (Å²) in [6.45, 7) is 4.00. The summed E-state index contributed by atoms with van der Waals surface area (Å²) in [7, 11) is 0. The molecule has 0 aliphatic rings. The lowest BCUT2D eigenvalue weighted by Gasteiger charge is -1.94. The molecule has 0 atom stereocenters. The van der Waals surface area contributed by atoms with Crippen molar-refractivity contribution in [2.24, 2.45) is 0 Å². The Kier molecular flexibility index (Phi) is 4.47. The van der Waals surface area contributed by atoms with Crippen molar-refractivity contribution < 1.29 is 0 Å². The Morgan fingerprint density at radius 2 is 0.844 bits per heavy atom. The fraction of sp³-hybridized carbons (Fsp3) is 0.0769. The lowest BCUT2D eigenvalue weighted by atomic mass is 10.1. The SMILES string of the molecule is CC.N#Cc1ccc2c(c1)sc1c3cc4sc5c6ccc(C#N)cc6sc5c4cc3sc21. The van der Waals surface area contributed by atoms with Gasteiger partial charge in [0.1, 0.15) is 0 Å². The predicted octanol–water partition coefficient (Wildman–Crippen LogP) is 9.62. The first-order valence-corrected chi connectivity index (χ1v) is 13.5. The molecule has 0 spiro atoms. The Labute approximate surface area is 199 Å². The molecular weight excluding hydrogens is 469 g/mol. The van der Waals surface area contributed by atoms with Crippen molar-refractivity contribution in [2.45, 2.75) is 13.8 Å². The largest absolute Gasteiger partial charge is 0.192 e. The van der Waals surface area contributed by atoms with Gasteiger partial charge in [0, 0.05) is 40.3 Å². The van der Waals surface area contributed by atoms with Crippen molar-refractivity contribution in [3.8, 4) is 12.1 Å². The third-order valence-electron chi connectivity index (χ3n) is 5.54. The maximum Gasteiger partial charge on any atom is 0.0992 e. The fourth-order valence-electron chi connectivity index (χ4n) is 4.15. The topological polar surface area (TPSA) is 47.6 Å². The molecule has 3 aromatic carbocycles. The van der Waals surface area contributed by atoms with Gasteiger partial charge in [0.15, 0.2) is 0 Å². The van der Waals surface area contributed by atoms with Gasteiger partial charge in [-0.2, -0.15) is 10.5 Å². The van der Waals surface area contributed by atoms with Crippen LogP contribution in [0.25, 0.3) is 59.1 Å². The number of thiophene rings is 4. The summed E-state index contributed by atoms with van der Waals surface area (Å²) in [6, 6.07) is 21.2. The van der Waals surface area contributed by atoms with E-state index in [0.29, 0.717) is 11.1 Å². The van der Waals surface area contributed by atoms with Gasteiger partial charge in [0.2, 0.25) is 0 Å². The average Bonchev–Trinajstić information content (AvgIpc) is 3.56. The molecule has 152 valence electrons. The molecule has 32 heavy (non-hydrogen) atoms. The Bertz CT molecular complexity index is 1790. The highest BCUT2D eigenvalue weighted by Gasteiger charge is 2.17. The third-order valence-corrected chi connectivity index (χ3v) is 10.5. The van der Waals surface area contributed by atoms with Crippen LogP contribution in [0.1, 0.15) is 25.0 Å². The summed E-state index contributed by atoms with van der Waals surface area (Å²) in [5, 5.41) is 23.5. The highest BCUT2D eigenvalue weighted by molar-refractivity contribution is 7.38. The smallest absolute Gasteiger partial charge is 0.0992 e. The Morgan fingerprint density at radius 3 is 1.22 bits per heavy atom. The molecule has 0 aliphatic heterocycles. The first kappa shape index (κ1) is 19.7. The summed E-state index contributed by atoms with van der Waals surface area (Å²) >= 11 is 7.26. The van der Waals surface area contributed by atoms with Crippen molar-refractivity contribution >= 4 is 104 Å². The normalized spacial score (nSPS) is 11.4. The molecular formula is C26H14N2S4. The molecule has 0 saturated carbocycles. The molecule has 6 heteroatoms. The Hall–Kier alpha value is -3.00. The van der Waals surface area contributed by atoms with Crippen LogP contribution in [0.5, 0.6) is 0 Å². The highest BCUT2D eigenvalue weighted by atomic mass is 32.1. The van der Waals surface area contributed by atoms with Crippen LogP contribution >= 0.6 is 45.3 Å². The monoisotopic (exact) mass is 482 g/mol. The average molecular weight is 483 g/mol. The Morgan fingerprint density at radius 1 is 0.500 bits per heavy atom. The van der Waals surface area contributed by atoms with Gasteiger partial charge in [-0.1, -0.05) is 26.0 Å². The molecule has 0 saturated heterocycles. The summed E-state index contributed by atoms with van der Waals surface area (Å²) in [6.07, 6.45) is 0. The van der Waals surface area contributed by atoms with Crippen LogP contribution in [0.4, 0.5) is 0 Å². The quantitative estimate of drug-likeness (QED) is 0.216. The van der Waals surface area contributed by atoms with Gasteiger partial charge < -0.3 is 0 Å². The molecule has 4 heterocycles. The maximum absolute atomic E-state index is 9.21. The van der Waals surface area contributed by atoms with Gasteiger partial charge in [-0.05, 0) is 36.4 Å². The summed E-state index contributed by atoms with van der Waals surface area (Å²) in [5.74, 6) is 0. The van der Waals surface area contributed by atoms with Crippen molar-refractivity contribution in [1.29, 1.82) is 10.5 Å². The van der Waals surface area contributed by atoms with E-state index < -0.39 is 0 Å². The molecule has 2 nitrogen and oxygen atoms in total. The van der Waals surface area contributed by atoms with E-state index in [9.17, 15) is 10.5 Å². The third kappa shape index (κ3) is 2.65. The maximum atomic E-state index is 9.21. The fourth-order valence-corrected chi connectivity index (χ4v) is 9.56. The van der Waals surface area contributed by atoms with E-state index in [1.165, 1.54) is 59.1 Å². The minimum atomic E-state index is 0.716. The molecule has 7 aromatic rings. The molecule has 7 rings (SSSR count). The van der Waals surface area contributed by atoms with Gasteiger partial charge in [0.25, 0.3) is 0 Å². The van der Waals surface area contributed by atoms with Crippen LogP contribution in [-0.2, 0) is 0 Å². The molecule has 0 radical (unpaired) electrons. The van der Waals surface area contributed by atoms with Crippen molar-refractivity contribution in [3.63, 3.8) is 0 Å². The van der Waals surface area contributed by atoms with E-state index in [0.717, 1.165) is 0 Å². The van der Waals surface area contributed by atoms with Crippen LogP contribution in [0.3, 0.4) is 0 Å². The zero-order chi connectivity index (χ0) is 22.0. The van der Waals surface area contributed by atoms with Gasteiger partial charge in [0.05, 0.1) is 42.1 Å². The van der Waals surface area contributed by atoms with Crippen molar-refractivity contribution in [1.82, 2.24) is 0 Å². The lowest BCUT2D eigenvalue weighted by molar-refractivity contribution is 1.50. The van der Waals surface area contributed by atoms with Crippen LogP contribution in [0.2, 0.25) is 0 Å². The molecule has 0 bridgehead atoms. The minimum absolute atomic E-state index is 0.716. The number of rotatable bonds is 0. The molecule has 0 fully saturated rings. The minimum Gasteiger partial charge on any atom is -0.192 e. The molecule has 4 aromatic heterocycles. The van der Waals surface area contributed by atoms with Gasteiger partial charge in [-0.15, -0.1) is 45.3 Å². The second-order valence-corrected chi connectivity index (χ2v) is 11.4. The predicted molar refractivity (Wildman–Crippen MR) is 144 cm³/mol. The number of hydrogen-bond donors (Lipinski definition) is 0. The van der Waals surface area contributed by atoms with Crippen molar-refractivity contribution in [2.75, 3.05) is 0 Å². The first-order chi connectivity index (χ1) is 15.7. The van der Waals surface area contributed by atoms with E-state index in [1.54, 1.807) is 22.7 Å². The Balaban J connectivity index is 0.000000953. The van der Waals surface area contributed by atoms with Crippen LogP contribution in [0, 0.1) is 22.7 Å². The molecule has 0 amide bonds. The van der Waals surface area contributed by atoms with Crippen LogP contribution in [-0.4, -0.2) is 0 Å². The second kappa shape index (κ2) is 7.27. The lowest BCUT2D eigenvalue weighted by Crippen LogP contribution is -1.70. The standard InChI is InChI=1S/C24H8N2S4.C2H6/c25-9-11-1-3-13-17(5-11)27-23-15-7-20-16(8-19(15)29-21(13)23)24-22(30-20)14-4-2-12(10-26)6-18(14)28-24;1-2/h1-8H;1-2H3. The number of nitrogens with zero attached hydrogens (tertiary/aromatic N) is 2. The zero-order valence-electron chi connectivity index (χ0n) is 17.1. The molecule has 0 aliphatic carbocycles. The van der Waals surface area contributed by atoms with Crippen molar-refractivity contribution in [3.05, 3.63) is 59.7 Å². The van der Waals surface area contributed by atoms with E-state index in [-0.39, 0.29) is 0 Å². The summed E-state index contributed by atoms with van der Waals surface area (Å²) < 4.78 is 10.3. The van der Waals surface area contributed by atoms with Gasteiger partial charge >= 0.3 is 0 Å². The van der Waals surface area contributed by atoms with E-state index >= 15 is 0 Å². The van der Waals surface area contributed by atoms with Crippen LogP contribution < -0.4 is 0 Å². The van der Waals surface area contributed by atoms with E-state index in [2.05, 4.69) is 36.4 Å². The van der Waals surface area contributed by atoms with E-state index in [1.807, 2.05) is 60.8 Å². The van der Waals surface area contributed by atoms with Crippen LogP contribution in [0.15, 0.2) is 48.5 Å². The first-order valence-electron chi connectivity index (χ1n) is 10.2. The molecule has 0 N–H and O–H groups in total. The zero-order valence-corrected chi connectivity index (χ0v) is 20.4. The second-order valence-electron chi connectivity index (χ2n) is 7.21. The molecule has 0 unspecified atom stereocenters. The van der Waals surface area contributed by atoms with Gasteiger partial charge in [-0.3, -0.25) is 0 Å². The number of nitriles is 2. The number of fused-ring (bicyclic) bond motifs is 10. The highest BCUT2D eigenvalue weighted by Crippen LogP contribution is 2.49. The number of hydrogen-bond acceptors (Lipinski definition) is 6. The summed E-state index contributed by atoms with van der Waals surface area (Å²) in [5.41, 5.74) is 1.43. The van der Waals surface area contributed by atoms with Gasteiger partial charge in [-0.25, -0.2) is 0 Å².